The summed E-state index contributed by atoms with van der Waals surface area (Å²) >= 11 is 0. The third-order valence-electron chi connectivity index (χ3n) is 3.45. The van der Waals surface area contributed by atoms with Crippen LogP contribution in [0.2, 0.25) is 0 Å². The molecule has 1 aromatic rings. The van der Waals surface area contributed by atoms with Crippen LogP contribution < -0.4 is 15.4 Å². The highest BCUT2D eigenvalue weighted by molar-refractivity contribution is 5.93. The van der Waals surface area contributed by atoms with Crippen molar-refractivity contribution in [2.24, 2.45) is 5.92 Å². The minimum atomic E-state index is -0.370. The zero-order valence-corrected chi connectivity index (χ0v) is 14.5. The molecule has 0 radical (unpaired) electrons. The van der Waals surface area contributed by atoms with Gasteiger partial charge in [0.15, 0.2) is 12.6 Å². The zero-order chi connectivity index (χ0) is 17.4. The lowest BCUT2D eigenvalue weighted by atomic mass is 10.0. The topological polar surface area (TPSA) is 81.2 Å². The number of methoxy groups -OCH3 is 2. The van der Waals surface area contributed by atoms with E-state index in [0.29, 0.717) is 23.8 Å². The molecule has 0 aliphatic carbocycles. The molecule has 128 valence electrons. The maximum Gasteiger partial charge on any atom is 0.364 e. The average molecular weight is 323 g/mol. The van der Waals surface area contributed by atoms with Gasteiger partial charge in [0.2, 0.25) is 0 Å². The van der Waals surface area contributed by atoms with Crippen molar-refractivity contribution in [1.82, 2.24) is 0 Å². The second-order valence-electron chi connectivity index (χ2n) is 5.95. The van der Waals surface area contributed by atoms with E-state index in [0.717, 1.165) is 5.56 Å². The molecule has 0 spiro atoms. The van der Waals surface area contributed by atoms with Crippen LogP contribution in [0.25, 0.3) is 0 Å². The Kier molecular flexibility index (Phi) is 7.54. The molecule has 23 heavy (non-hydrogen) atoms. The van der Waals surface area contributed by atoms with Gasteiger partial charge in [0.1, 0.15) is 5.75 Å². The predicted octanol–water partition coefficient (Wildman–Crippen LogP) is 1.09. The summed E-state index contributed by atoms with van der Waals surface area (Å²) in [5.41, 5.74) is 1.65. The number of nitrogens with two attached hydrogens (primary N) is 1. The number of ether oxygens (including phenoxy) is 2. The molecule has 1 atom stereocenters. The lowest BCUT2D eigenvalue weighted by Crippen LogP contribution is -2.93. The molecule has 1 amide bonds. The maximum absolute atomic E-state index is 12.1. The number of anilines is 1. The van der Waals surface area contributed by atoms with E-state index in [4.69, 9.17) is 9.47 Å². The van der Waals surface area contributed by atoms with Crippen molar-refractivity contribution in [3.63, 3.8) is 0 Å². The van der Waals surface area contributed by atoms with Crippen LogP contribution in [0, 0.1) is 12.8 Å². The van der Waals surface area contributed by atoms with Crippen molar-refractivity contribution in [2.75, 3.05) is 26.1 Å². The number of aryl methyl sites for hydroxylation is 1. The molecule has 3 N–H and O–H groups in total. The highest BCUT2D eigenvalue weighted by Crippen LogP contribution is 2.24. The van der Waals surface area contributed by atoms with Gasteiger partial charge in [-0.2, -0.15) is 0 Å². The van der Waals surface area contributed by atoms with Gasteiger partial charge in [0, 0.05) is 6.42 Å². The van der Waals surface area contributed by atoms with Crippen LogP contribution in [-0.2, 0) is 14.3 Å². The van der Waals surface area contributed by atoms with E-state index in [1.807, 2.05) is 39.0 Å². The van der Waals surface area contributed by atoms with E-state index < -0.39 is 0 Å². The van der Waals surface area contributed by atoms with Crippen LogP contribution in [0.15, 0.2) is 18.2 Å². The van der Waals surface area contributed by atoms with Crippen LogP contribution in [0.3, 0.4) is 0 Å². The Morgan fingerprint density at radius 3 is 2.52 bits per heavy atom. The molecule has 0 unspecified atom stereocenters. The fourth-order valence-corrected chi connectivity index (χ4v) is 2.32. The fraction of sp³-hybridized carbons (Fsp3) is 0.529. The summed E-state index contributed by atoms with van der Waals surface area (Å²) < 4.78 is 10.0. The molecule has 6 heteroatoms. The summed E-state index contributed by atoms with van der Waals surface area (Å²) in [4.78, 5) is 23.9. The fourth-order valence-electron chi connectivity index (χ4n) is 2.32. The first-order valence-electron chi connectivity index (χ1n) is 7.73. The van der Waals surface area contributed by atoms with Crippen molar-refractivity contribution in [3.05, 3.63) is 23.8 Å². The summed E-state index contributed by atoms with van der Waals surface area (Å²) in [7, 11) is 2.92. The van der Waals surface area contributed by atoms with Crippen molar-refractivity contribution >= 4 is 17.6 Å². The quantitative estimate of drug-likeness (QED) is 0.702. The van der Waals surface area contributed by atoms with Gasteiger partial charge in [-0.25, -0.2) is 4.79 Å². The standard InChI is InChI=1S/C17H26N2O4/c1-11(2)8-14(17(21)23-5)18-10-16(20)19-13-9-12(3)6-7-15(13)22-4/h6-7,9,11,14,18H,8,10H2,1-5H3,(H,19,20)/p+1/t14-/m0/s1. The first-order valence-corrected chi connectivity index (χ1v) is 7.73. The number of esters is 1. The molecule has 0 aliphatic heterocycles. The molecule has 0 aliphatic rings. The Balaban J connectivity index is 2.65. The van der Waals surface area contributed by atoms with Crippen LogP contribution in [0.5, 0.6) is 5.75 Å². The van der Waals surface area contributed by atoms with Gasteiger partial charge < -0.3 is 20.1 Å². The Bertz CT molecular complexity index is 543. The molecule has 0 aromatic heterocycles. The number of quaternary nitrogens is 1. The number of rotatable bonds is 8. The third-order valence-corrected chi connectivity index (χ3v) is 3.45. The van der Waals surface area contributed by atoms with E-state index in [1.165, 1.54) is 7.11 Å². The van der Waals surface area contributed by atoms with Gasteiger partial charge in [-0.1, -0.05) is 19.9 Å². The minimum Gasteiger partial charge on any atom is -0.495 e. The third kappa shape index (κ3) is 6.28. The molecule has 1 aromatic carbocycles. The Morgan fingerprint density at radius 1 is 1.26 bits per heavy atom. The van der Waals surface area contributed by atoms with Gasteiger partial charge in [-0.3, -0.25) is 4.79 Å². The molecule has 6 nitrogen and oxygen atoms in total. The molecule has 0 bridgehead atoms. The Hall–Kier alpha value is -2.08. The number of benzene rings is 1. The van der Waals surface area contributed by atoms with E-state index in [1.54, 1.807) is 12.4 Å². The number of hydrogen-bond acceptors (Lipinski definition) is 4. The second-order valence-corrected chi connectivity index (χ2v) is 5.95. The zero-order valence-electron chi connectivity index (χ0n) is 14.5. The van der Waals surface area contributed by atoms with E-state index in [9.17, 15) is 9.59 Å². The minimum absolute atomic E-state index is 0.142. The lowest BCUT2D eigenvalue weighted by molar-refractivity contribution is -0.668. The van der Waals surface area contributed by atoms with Crippen LogP contribution in [0.4, 0.5) is 5.69 Å². The number of carbonyl (C=O) groups is 2. The summed E-state index contributed by atoms with van der Waals surface area (Å²) in [6.45, 7) is 6.14. The van der Waals surface area contributed by atoms with E-state index in [-0.39, 0.29) is 24.5 Å². The van der Waals surface area contributed by atoms with Gasteiger partial charge in [-0.05, 0) is 30.5 Å². The van der Waals surface area contributed by atoms with Crippen molar-refractivity contribution in [1.29, 1.82) is 0 Å². The number of carbonyl (C=O) groups excluding carboxylic acids is 2. The molecule has 1 rings (SSSR count). The first kappa shape index (κ1) is 19.0. The van der Waals surface area contributed by atoms with Crippen molar-refractivity contribution in [2.45, 2.75) is 33.2 Å². The van der Waals surface area contributed by atoms with E-state index in [2.05, 4.69) is 5.32 Å². The SMILES string of the molecule is COC(=O)[C@H](CC(C)C)[NH2+]CC(=O)Nc1cc(C)ccc1OC. The van der Waals surface area contributed by atoms with Crippen LogP contribution in [0.1, 0.15) is 25.8 Å². The summed E-state index contributed by atoms with van der Waals surface area (Å²) in [5, 5.41) is 4.53. The molecule has 0 heterocycles. The largest absolute Gasteiger partial charge is 0.495 e. The van der Waals surface area contributed by atoms with Gasteiger partial charge >= 0.3 is 5.97 Å². The molecule has 0 fully saturated rings. The second kappa shape index (κ2) is 9.15. The van der Waals surface area contributed by atoms with Gasteiger partial charge in [0.05, 0.1) is 19.9 Å². The normalized spacial score (nSPS) is 11.9. The summed E-state index contributed by atoms with van der Waals surface area (Å²) in [6.07, 6.45) is 0.660. The monoisotopic (exact) mass is 323 g/mol. The Labute approximate surface area is 137 Å². The average Bonchev–Trinajstić information content (AvgIpc) is 2.50. The lowest BCUT2D eigenvalue weighted by Gasteiger charge is -2.15. The molecular formula is C17H27N2O4+. The highest BCUT2D eigenvalue weighted by Gasteiger charge is 2.24. The molecular weight excluding hydrogens is 296 g/mol. The highest BCUT2D eigenvalue weighted by atomic mass is 16.5. The predicted molar refractivity (Wildman–Crippen MR) is 88.4 cm³/mol. The van der Waals surface area contributed by atoms with Crippen molar-refractivity contribution in [3.8, 4) is 5.75 Å². The van der Waals surface area contributed by atoms with Crippen molar-refractivity contribution < 1.29 is 24.4 Å². The maximum atomic E-state index is 12.1. The first-order chi connectivity index (χ1) is 10.9. The molecule has 0 saturated heterocycles. The van der Waals surface area contributed by atoms with Gasteiger partial charge in [-0.15, -0.1) is 0 Å². The summed E-state index contributed by atoms with van der Waals surface area (Å²) in [6, 6.07) is 5.20. The van der Waals surface area contributed by atoms with E-state index >= 15 is 0 Å². The molecule has 0 saturated carbocycles. The smallest absolute Gasteiger partial charge is 0.364 e. The number of amides is 1. The Morgan fingerprint density at radius 2 is 1.96 bits per heavy atom. The van der Waals surface area contributed by atoms with Crippen LogP contribution in [-0.4, -0.2) is 38.7 Å². The van der Waals surface area contributed by atoms with Gasteiger partial charge in [0.25, 0.3) is 5.91 Å². The summed E-state index contributed by atoms with van der Waals surface area (Å²) in [5.74, 6) is 0.456. The number of hydrogen-bond donors (Lipinski definition) is 2. The number of nitrogens with one attached hydrogen (secondary N) is 1. The van der Waals surface area contributed by atoms with Crippen LogP contribution >= 0.6 is 0 Å².